The molecule has 0 bridgehead atoms. The first-order valence-corrected chi connectivity index (χ1v) is 4.90. The van der Waals surface area contributed by atoms with Gasteiger partial charge in [-0.25, -0.2) is 4.98 Å². The van der Waals surface area contributed by atoms with Crippen LogP contribution in [-0.4, -0.2) is 10.1 Å². The minimum Gasteiger partial charge on any atom is -0.506 e. The highest BCUT2D eigenvalue weighted by Crippen LogP contribution is 2.33. The van der Waals surface area contributed by atoms with Crippen LogP contribution in [-0.2, 0) is 6.18 Å². The van der Waals surface area contributed by atoms with Gasteiger partial charge in [0.15, 0.2) is 0 Å². The summed E-state index contributed by atoms with van der Waals surface area (Å²) in [4.78, 5) is 3.23. The van der Waals surface area contributed by atoms with Gasteiger partial charge in [0.25, 0.3) is 0 Å². The van der Waals surface area contributed by atoms with Gasteiger partial charge in [0.05, 0.1) is 11.8 Å². The second kappa shape index (κ2) is 4.29. The van der Waals surface area contributed by atoms with Crippen molar-refractivity contribution in [3.8, 4) is 16.9 Å². The Morgan fingerprint density at radius 1 is 1.06 bits per heavy atom. The number of aromatic nitrogens is 1. The largest absolute Gasteiger partial charge is 0.506 e. The SMILES string of the molecule is Oc1cnc(F)cc1-c1ccc(C(F)(F)F)cc1. The van der Waals surface area contributed by atoms with Gasteiger partial charge in [-0.2, -0.15) is 17.6 Å². The highest BCUT2D eigenvalue weighted by atomic mass is 19.4. The van der Waals surface area contributed by atoms with E-state index in [0.29, 0.717) is 0 Å². The van der Waals surface area contributed by atoms with E-state index >= 15 is 0 Å². The van der Waals surface area contributed by atoms with Crippen molar-refractivity contribution >= 4 is 0 Å². The first kappa shape index (κ1) is 12.3. The number of aromatic hydroxyl groups is 1. The van der Waals surface area contributed by atoms with Crippen molar-refractivity contribution < 1.29 is 22.7 Å². The second-order valence-electron chi connectivity index (χ2n) is 3.60. The van der Waals surface area contributed by atoms with E-state index in [0.717, 1.165) is 36.5 Å². The fourth-order valence-corrected chi connectivity index (χ4v) is 1.49. The summed E-state index contributed by atoms with van der Waals surface area (Å²) in [6.45, 7) is 0. The number of benzene rings is 1. The zero-order valence-electron chi connectivity index (χ0n) is 8.87. The summed E-state index contributed by atoms with van der Waals surface area (Å²) in [6.07, 6.45) is -3.52. The molecule has 0 radical (unpaired) electrons. The minimum absolute atomic E-state index is 0.0937. The fourth-order valence-electron chi connectivity index (χ4n) is 1.49. The van der Waals surface area contributed by atoms with Crippen molar-refractivity contribution in [3.63, 3.8) is 0 Å². The molecule has 0 atom stereocenters. The van der Waals surface area contributed by atoms with Gasteiger partial charge in [-0.05, 0) is 17.7 Å². The Hall–Kier alpha value is -2.11. The summed E-state index contributed by atoms with van der Waals surface area (Å²) in [5, 5.41) is 9.47. The topological polar surface area (TPSA) is 33.1 Å². The third-order valence-electron chi connectivity index (χ3n) is 2.37. The van der Waals surface area contributed by atoms with E-state index in [2.05, 4.69) is 4.98 Å². The molecule has 94 valence electrons. The lowest BCUT2D eigenvalue weighted by atomic mass is 10.0. The maximum absolute atomic E-state index is 12.9. The Morgan fingerprint density at radius 2 is 1.67 bits per heavy atom. The molecule has 1 aromatic carbocycles. The average Bonchev–Trinajstić information content (AvgIpc) is 2.31. The first-order chi connectivity index (χ1) is 8.38. The van der Waals surface area contributed by atoms with E-state index in [9.17, 15) is 22.7 Å². The zero-order chi connectivity index (χ0) is 13.3. The van der Waals surface area contributed by atoms with Gasteiger partial charge in [0.2, 0.25) is 5.95 Å². The molecule has 1 aromatic heterocycles. The molecule has 2 nitrogen and oxygen atoms in total. The summed E-state index contributed by atoms with van der Waals surface area (Å²) in [7, 11) is 0. The van der Waals surface area contributed by atoms with Gasteiger partial charge >= 0.3 is 6.18 Å². The molecule has 0 aliphatic heterocycles. The number of halogens is 4. The van der Waals surface area contributed by atoms with Crippen molar-refractivity contribution in [1.29, 1.82) is 0 Å². The molecule has 0 aliphatic rings. The van der Waals surface area contributed by atoms with Crippen molar-refractivity contribution in [2.45, 2.75) is 6.18 Å². The van der Waals surface area contributed by atoms with Gasteiger partial charge in [0.1, 0.15) is 5.75 Å². The number of nitrogens with zero attached hydrogens (tertiary/aromatic N) is 1. The molecule has 6 heteroatoms. The van der Waals surface area contributed by atoms with Crippen molar-refractivity contribution in [1.82, 2.24) is 4.98 Å². The standard InChI is InChI=1S/C12H7F4NO/c13-11-5-9(10(18)6-17-11)7-1-3-8(4-2-7)12(14,15)16/h1-6,18H. The average molecular weight is 257 g/mol. The van der Waals surface area contributed by atoms with E-state index in [4.69, 9.17) is 0 Å². The smallest absolute Gasteiger partial charge is 0.416 e. The number of hydrogen-bond donors (Lipinski definition) is 1. The van der Waals surface area contributed by atoms with Crippen LogP contribution >= 0.6 is 0 Å². The van der Waals surface area contributed by atoms with Gasteiger partial charge in [-0.1, -0.05) is 12.1 Å². The molecule has 0 unspecified atom stereocenters. The van der Waals surface area contributed by atoms with Crippen LogP contribution in [0, 0.1) is 5.95 Å². The molecular weight excluding hydrogens is 250 g/mol. The van der Waals surface area contributed by atoms with Crippen LogP contribution in [0.15, 0.2) is 36.5 Å². The van der Waals surface area contributed by atoms with Gasteiger partial charge < -0.3 is 5.11 Å². The van der Waals surface area contributed by atoms with Gasteiger partial charge in [0, 0.05) is 11.6 Å². The highest BCUT2D eigenvalue weighted by Gasteiger charge is 2.30. The maximum atomic E-state index is 12.9. The molecule has 18 heavy (non-hydrogen) atoms. The van der Waals surface area contributed by atoms with E-state index in [-0.39, 0.29) is 16.9 Å². The van der Waals surface area contributed by atoms with E-state index in [1.165, 1.54) is 0 Å². The number of hydrogen-bond acceptors (Lipinski definition) is 2. The fraction of sp³-hybridized carbons (Fsp3) is 0.0833. The molecule has 2 rings (SSSR count). The number of rotatable bonds is 1. The quantitative estimate of drug-likeness (QED) is 0.625. The van der Waals surface area contributed by atoms with Crippen molar-refractivity contribution in [2.75, 3.05) is 0 Å². The Morgan fingerprint density at radius 3 is 2.22 bits per heavy atom. The lowest BCUT2D eigenvalue weighted by molar-refractivity contribution is -0.137. The van der Waals surface area contributed by atoms with Crippen LogP contribution < -0.4 is 0 Å². The number of pyridine rings is 1. The third-order valence-corrected chi connectivity index (χ3v) is 2.37. The van der Waals surface area contributed by atoms with Crippen molar-refractivity contribution in [2.24, 2.45) is 0 Å². The molecule has 1 heterocycles. The Labute approximate surface area is 99.5 Å². The van der Waals surface area contributed by atoms with Crippen LogP contribution in [0.1, 0.15) is 5.56 Å². The Balaban J connectivity index is 2.43. The van der Waals surface area contributed by atoms with Crippen LogP contribution in [0.2, 0.25) is 0 Å². The van der Waals surface area contributed by atoms with Crippen LogP contribution in [0.25, 0.3) is 11.1 Å². The summed E-state index contributed by atoms with van der Waals surface area (Å²) in [6, 6.07) is 5.02. The molecular formula is C12H7F4NO. The predicted molar refractivity (Wildman–Crippen MR) is 56.3 cm³/mol. The predicted octanol–water partition coefficient (Wildman–Crippen LogP) is 3.61. The van der Waals surface area contributed by atoms with Crippen LogP contribution in [0.5, 0.6) is 5.75 Å². The molecule has 0 aliphatic carbocycles. The summed E-state index contributed by atoms with van der Waals surface area (Å²) < 4.78 is 49.9. The second-order valence-corrected chi connectivity index (χ2v) is 3.60. The van der Waals surface area contributed by atoms with Crippen LogP contribution in [0.3, 0.4) is 0 Å². The number of alkyl halides is 3. The lowest BCUT2D eigenvalue weighted by Crippen LogP contribution is -2.04. The third kappa shape index (κ3) is 2.42. The molecule has 0 amide bonds. The molecule has 0 saturated heterocycles. The summed E-state index contributed by atoms with van der Waals surface area (Å²) >= 11 is 0. The monoisotopic (exact) mass is 257 g/mol. The Kier molecular flexibility index (Phi) is 2.94. The minimum atomic E-state index is -4.43. The van der Waals surface area contributed by atoms with Crippen molar-refractivity contribution in [3.05, 3.63) is 48.0 Å². The van der Waals surface area contributed by atoms with Crippen LogP contribution in [0.4, 0.5) is 17.6 Å². The maximum Gasteiger partial charge on any atom is 0.416 e. The van der Waals surface area contributed by atoms with E-state index < -0.39 is 17.7 Å². The summed E-state index contributed by atoms with van der Waals surface area (Å²) in [5.41, 5.74) is -0.432. The molecule has 1 N–H and O–H groups in total. The first-order valence-electron chi connectivity index (χ1n) is 4.90. The normalized spacial score (nSPS) is 11.6. The molecule has 0 fully saturated rings. The molecule has 0 saturated carbocycles. The summed E-state index contributed by atoms with van der Waals surface area (Å²) in [5.74, 6) is -1.11. The Bertz CT molecular complexity index is 563. The van der Waals surface area contributed by atoms with E-state index in [1.807, 2.05) is 0 Å². The van der Waals surface area contributed by atoms with E-state index in [1.54, 1.807) is 0 Å². The lowest BCUT2D eigenvalue weighted by Gasteiger charge is -2.08. The molecule has 2 aromatic rings. The highest BCUT2D eigenvalue weighted by molar-refractivity contribution is 5.69. The molecule has 0 spiro atoms. The zero-order valence-corrected chi connectivity index (χ0v) is 8.87. The van der Waals surface area contributed by atoms with Gasteiger partial charge in [-0.15, -0.1) is 0 Å². The van der Waals surface area contributed by atoms with Gasteiger partial charge in [-0.3, -0.25) is 0 Å².